The third-order valence-electron chi connectivity index (χ3n) is 4.11. The Kier molecular flexibility index (Phi) is 6.29. The molecule has 1 N–H and O–H groups in total. The average molecular weight is 272 g/mol. The van der Waals surface area contributed by atoms with Crippen LogP contribution in [0, 0.1) is 0 Å². The van der Waals surface area contributed by atoms with Crippen molar-refractivity contribution in [1.29, 1.82) is 0 Å². The molecule has 0 spiro atoms. The summed E-state index contributed by atoms with van der Waals surface area (Å²) in [5, 5.41) is 4.59. The zero-order valence-electron chi connectivity index (χ0n) is 11.9. The number of rotatable bonds is 6. The van der Waals surface area contributed by atoms with Crippen molar-refractivity contribution >= 4 is 11.8 Å². The molecule has 3 nitrogen and oxygen atoms in total. The third-order valence-corrected chi connectivity index (χ3v) is 5.44. The van der Waals surface area contributed by atoms with Crippen LogP contribution in [0.1, 0.15) is 33.1 Å². The van der Waals surface area contributed by atoms with Gasteiger partial charge >= 0.3 is 0 Å². The van der Waals surface area contributed by atoms with Gasteiger partial charge < -0.3 is 10.1 Å². The van der Waals surface area contributed by atoms with Gasteiger partial charge in [-0.1, -0.05) is 20.3 Å². The minimum absolute atomic E-state index is 0.395. The second kappa shape index (κ2) is 7.73. The molecule has 106 valence electrons. The highest BCUT2D eigenvalue weighted by molar-refractivity contribution is 7.99. The first-order chi connectivity index (χ1) is 8.83. The van der Waals surface area contributed by atoms with Crippen LogP contribution in [-0.4, -0.2) is 60.8 Å². The van der Waals surface area contributed by atoms with Crippen molar-refractivity contribution in [1.82, 2.24) is 10.2 Å². The van der Waals surface area contributed by atoms with E-state index in [1.807, 2.05) is 0 Å². The Labute approximate surface area is 116 Å². The summed E-state index contributed by atoms with van der Waals surface area (Å²) in [6, 6.07) is 0.718. The third kappa shape index (κ3) is 4.12. The zero-order chi connectivity index (χ0) is 12.8. The minimum atomic E-state index is 0.395. The highest BCUT2D eigenvalue weighted by Gasteiger charge is 2.28. The quantitative estimate of drug-likeness (QED) is 0.799. The molecular formula is C14H28N2OS. The standard InChI is InChI=1S/C14H28N2OS/c1-3-16-8-9-17-12(11-16)10-15-13-6-5-7-14(13)18-4-2/h12-15H,3-11H2,1-2H3. The maximum absolute atomic E-state index is 5.85. The molecule has 2 fully saturated rings. The second-order valence-corrected chi connectivity index (χ2v) is 6.84. The second-order valence-electron chi connectivity index (χ2n) is 5.33. The van der Waals surface area contributed by atoms with Gasteiger partial charge in [-0.25, -0.2) is 0 Å². The van der Waals surface area contributed by atoms with Crippen LogP contribution < -0.4 is 5.32 Å². The van der Waals surface area contributed by atoms with Crippen LogP contribution in [-0.2, 0) is 4.74 Å². The number of likely N-dealkylation sites (N-methyl/N-ethyl adjacent to an activating group) is 1. The van der Waals surface area contributed by atoms with Crippen LogP contribution in [0.25, 0.3) is 0 Å². The van der Waals surface area contributed by atoms with Crippen molar-refractivity contribution in [2.45, 2.75) is 50.5 Å². The highest BCUT2D eigenvalue weighted by Crippen LogP contribution is 2.29. The molecule has 0 radical (unpaired) electrons. The van der Waals surface area contributed by atoms with E-state index in [9.17, 15) is 0 Å². The largest absolute Gasteiger partial charge is 0.374 e. The predicted molar refractivity (Wildman–Crippen MR) is 79.4 cm³/mol. The summed E-state index contributed by atoms with van der Waals surface area (Å²) in [6.07, 6.45) is 4.53. The molecule has 0 aromatic rings. The Morgan fingerprint density at radius 2 is 2.22 bits per heavy atom. The van der Waals surface area contributed by atoms with Crippen molar-refractivity contribution in [3.8, 4) is 0 Å². The zero-order valence-corrected chi connectivity index (χ0v) is 12.7. The summed E-state index contributed by atoms with van der Waals surface area (Å²) in [7, 11) is 0. The van der Waals surface area contributed by atoms with Gasteiger partial charge in [-0.05, 0) is 25.1 Å². The first-order valence-corrected chi connectivity index (χ1v) is 8.57. The molecule has 0 bridgehead atoms. The van der Waals surface area contributed by atoms with Crippen LogP contribution >= 0.6 is 11.8 Å². The summed E-state index contributed by atoms with van der Waals surface area (Å²) >= 11 is 2.12. The van der Waals surface area contributed by atoms with E-state index in [-0.39, 0.29) is 0 Å². The Balaban J connectivity index is 1.70. The van der Waals surface area contributed by atoms with Crippen molar-refractivity contribution < 1.29 is 4.74 Å². The molecule has 0 amide bonds. The number of nitrogens with zero attached hydrogens (tertiary/aromatic N) is 1. The molecule has 0 aromatic heterocycles. The molecule has 2 rings (SSSR count). The van der Waals surface area contributed by atoms with Crippen molar-refractivity contribution in [3.63, 3.8) is 0 Å². The van der Waals surface area contributed by atoms with Gasteiger partial charge in [0.15, 0.2) is 0 Å². The Hall–Kier alpha value is 0.230. The van der Waals surface area contributed by atoms with Crippen LogP contribution in [0.2, 0.25) is 0 Å². The van der Waals surface area contributed by atoms with Crippen molar-refractivity contribution in [2.75, 3.05) is 38.5 Å². The Morgan fingerprint density at radius 1 is 1.33 bits per heavy atom. The van der Waals surface area contributed by atoms with Gasteiger partial charge in [0.1, 0.15) is 0 Å². The van der Waals surface area contributed by atoms with Gasteiger partial charge in [-0.3, -0.25) is 4.90 Å². The van der Waals surface area contributed by atoms with E-state index in [0.29, 0.717) is 6.10 Å². The fourth-order valence-corrected chi connectivity index (χ4v) is 4.27. The van der Waals surface area contributed by atoms with E-state index >= 15 is 0 Å². The number of thioether (sulfide) groups is 1. The van der Waals surface area contributed by atoms with Gasteiger partial charge in [-0.15, -0.1) is 0 Å². The smallest absolute Gasteiger partial charge is 0.0826 e. The summed E-state index contributed by atoms with van der Waals surface area (Å²) in [5.41, 5.74) is 0. The molecule has 1 aliphatic carbocycles. The van der Waals surface area contributed by atoms with Crippen LogP contribution in [0.5, 0.6) is 0 Å². The van der Waals surface area contributed by atoms with E-state index in [2.05, 4.69) is 35.8 Å². The van der Waals surface area contributed by atoms with Gasteiger partial charge in [0.25, 0.3) is 0 Å². The monoisotopic (exact) mass is 272 g/mol. The lowest BCUT2D eigenvalue weighted by molar-refractivity contribution is -0.0262. The van der Waals surface area contributed by atoms with Crippen molar-refractivity contribution in [3.05, 3.63) is 0 Å². The van der Waals surface area contributed by atoms with E-state index < -0.39 is 0 Å². The normalized spacial score (nSPS) is 34.0. The summed E-state index contributed by atoms with van der Waals surface area (Å²) in [5.74, 6) is 1.24. The summed E-state index contributed by atoms with van der Waals surface area (Å²) in [4.78, 5) is 2.49. The van der Waals surface area contributed by atoms with Crippen LogP contribution in [0.15, 0.2) is 0 Å². The predicted octanol–water partition coefficient (Wildman–Crippen LogP) is 1.97. The summed E-state index contributed by atoms with van der Waals surface area (Å²) < 4.78 is 5.85. The lowest BCUT2D eigenvalue weighted by Crippen LogP contribution is -2.48. The molecule has 1 saturated heterocycles. The topological polar surface area (TPSA) is 24.5 Å². The molecule has 2 aliphatic rings. The van der Waals surface area contributed by atoms with E-state index in [0.717, 1.165) is 44.1 Å². The Bertz CT molecular complexity index is 240. The van der Waals surface area contributed by atoms with Crippen molar-refractivity contribution in [2.24, 2.45) is 0 Å². The van der Waals surface area contributed by atoms with Crippen LogP contribution in [0.4, 0.5) is 0 Å². The van der Waals surface area contributed by atoms with Crippen LogP contribution in [0.3, 0.4) is 0 Å². The number of ether oxygens (including phenoxy) is 1. The lowest BCUT2D eigenvalue weighted by Gasteiger charge is -2.33. The first kappa shape index (κ1) is 14.6. The fourth-order valence-electron chi connectivity index (χ4n) is 3.05. The molecule has 3 atom stereocenters. The average Bonchev–Trinajstić information content (AvgIpc) is 2.85. The lowest BCUT2D eigenvalue weighted by atomic mass is 10.2. The van der Waals surface area contributed by atoms with Gasteiger partial charge in [0, 0.05) is 30.9 Å². The minimum Gasteiger partial charge on any atom is -0.374 e. The molecule has 4 heteroatoms. The van der Waals surface area contributed by atoms with Gasteiger partial charge in [0.05, 0.1) is 12.7 Å². The van der Waals surface area contributed by atoms with E-state index in [4.69, 9.17) is 4.74 Å². The Morgan fingerprint density at radius 3 is 3.00 bits per heavy atom. The molecule has 1 heterocycles. The van der Waals surface area contributed by atoms with Gasteiger partial charge in [0.2, 0.25) is 0 Å². The number of hydrogen-bond donors (Lipinski definition) is 1. The number of hydrogen-bond acceptors (Lipinski definition) is 4. The highest BCUT2D eigenvalue weighted by atomic mass is 32.2. The molecular weight excluding hydrogens is 244 g/mol. The maximum Gasteiger partial charge on any atom is 0.0826 e. The fraction of sp³-hybridized carbons (Fsp3) is 1.00. The maximum atomic E-state index is 5.85. The SMILES string of the molecule is CCSC1CCCC1NCC1CN(CC)CCO1. The van der Waals surface area contributed by atoms with Gasteiger partial charge in [-0.2, -0.15) is 11.8 Å². The summed E-state index contributed by atoms with van der Waals surface area (Å²) in [6.45, 7) is 9.79. The van der Waals surface area contributed by atoms with E-state index in [1.54, 1.807) is 0 Å². The van der Waals surface area contributed by atoms with E-state index in [1.165, 1.54) is 25.0 Å². The molecule has 0 aromatic carbocycles. The first-order valence-electron chi connectivity index (χ1n) is 7.52. The molecule has 18 heavy (non-hydrogen) atoms. The molecule has 3 unspecified atom stereocenters. The number of morpholine rings is 1. The molecule has 1 aliphatic heterocycles. The number of nitrogens with one attached hydrogen (secondary N) is 1. The molecule has 1 saturated carbocycles.